The maximum Gasteiger partial charge on any atom is 0.269 e. The van der Waals surface area contributed by atoms with E-state index in [9.17, 15) is 20.3 Å². The average molecular weight is 461 g/mol. The summed E-state index contributed by atoms with van der Waals surface area (Å²) in [5.74, 6) is 3.76. The van der Waals surface area contributed by atoms with E-state index in [1.54, 1.807) is 24.3 Å². The molecule has 0 saturated heterocycles. The van der Waals surface area contributed by atoms with Crippen molar-refractivity contribution >= 4 is 11.4 Å². The van der Waals surface area contributed by atoms with Crippen LogP contribution >= 0.6 is 0 Å². The summed E-state index contributed by atoms with van der Waals surface area (Å²) in [6.45, 7) is 2.32. The van der Waals surface area contributed by atoms with E-state index < -0.39 is 10.5 Å². The number of oxime groups is 1. The van der Waals surface area contributed by atoms with E-state index in [-0.39, 0.29) is 35.3 Å². The first-order chi connectivity index (χ1) is 16.3. The van der Waals surface area contributed by atoms with E-state index in [0.29, 0.717) is 18.8 Å². The summed E-state index contributed by atoms with van der Waals surface area (Å²) in [6.07, 6.45) is 9.75. The Labute approximate surface area is 198 Å². The molecular weight excluding hydrogens is 432 g/mol. The fraction of sp³-hybridized carbons (Fsp3) is 0.444. The number of terminal acetylenes is 1. The minimum atomic E-state index is -1.08. The summed E-state index contributed by atoms with van der Waals surface area (Å²) >= 11 is 0. The molecule has 2 aromatic carbocycles. The van der Waals surface area contributed by atoms with Gasteiger partial charge in [0.15, 0.2) is 0 Å². The third-order valence-corrected chi connectivity index (χ3v) is 8.56. The van der Waals surface area contributed by atoms with Gasteiger partial charge in [0, 0.05) is 23.1 Å². The Morgan fingerprint density at radius 3 is 2.71 bits per heavy atom. The molecule has 0 aromatic heterocycles. The molecule has 2 N–H and O–H groups in total. The number of fused-ring (bicyclic) bond motifs is 5. The van der Waals surface area contributed by atoms with Crippen LogP contribution in [0, 0.1) is 39.7 Å². The summed E-state index contributed by atoms with van der Waals surface area (Å²) in [4.78, 5) is 16.1. The molecule has 7 heteroatoms. The lowest BCUT2D eigenvalue weighted by atomic mass is 9.53. The van der Waals surface area contributed by atoms with Crippen molar-refractivity contribution in [2.45, 2.75) is 57.2 Å². The molecule has 0 bridgehead atoms. The number of non-ortho nitro benzene ring substituents is 1. The zero-order valence-corrected chi connectivity index (χ0v) is 19.1. The number of aromatic hydroxyl groups is 1. The zero-order valence-electron chi connectivity index (χ0n) is 19.1. The predicted octanol–water partition coefficient (Wildman–Crippen LogP) is 4.90. The first-order valence-electron chi connectivity index (χ1n) is 11.7. The Morgan fingerprint density at radius 2 is 2.00 bits per heavy atom. The summed E-state index contributed by atoms with van der Waals surface area (Å²) in [5, 5.41) is 36.7. The van der Waals surface area contributed by atoms with Gasteiger partial charge in [-0.1, -0.05) is 24.1 Å². The molecule has 0 heterocycles. The van der Waals surface area contributed by atoms with Gasteiger partial charge in [-0.25, -0.2) is 0 Å². The topological polar surface area (TPSA) is 105 Å². The number of nitro groups is 1. The first kappa shape index (κ1) is 22.4. The van der Waals surface area contributed by atoms with E-state index in [1.807, 2.05) is 6.07 Å². The third-order valence-electron chi connectivity index (χ3n) is 8.56. The standard InChI is InChI=1S/C27H28N2O5/c1-3-27(31)13-11-24-22-15-25(28-34-16-17-4-6-18(7-5-17)29(32)33)23-14-19(30)8-9-20(23)21(22)10-12-26(24,27)2/h1,4-9,14,21-22,24,30-31H,10-13,15-16H2,2H3/b28-25+/t21-,22-,24+,26+,27+/m1/s1. The summed E-state index contributed by atoms with van der Waals surface area (Å²) < 4.78 is 0. The number of rotatable bonds is 4. The molecule has 5 rings (SSSR count). The van der Waals surface area contributed by atoms with Crippen molar-refractivity contribution in [1.82, 2.24) is 0 Å². The Balaban J connectivity index is 1.43. The van der Waals surface area contributed by atoms with Crippen LogP contribution < -0.4 is 0 Å². The fourth-order valence-corrected chi connectivity index (χ4v) is 6.65. The molecule has 176 valence electrons. The third kappa shape index (κ3) is 3.45. The molecule has 5 atom stereocenters. The number of hydrogen-bond acceptors (Lipinski definition) is 6. The zero-order chi connectivity index (χ0) is 24.1. The molecule has 2 fully saturated rings. The van der Waals surface area contributed by atoms with Crippen molar-refractivity contribution < 1.29 is 20.0 Å². The number of phenols is 1. The molecule has 3 aliphatic carbocycles. The van der Waals surface area contributed by atoms with E-state index in [4.69, 9.17) is 11.3 Å². The lowest BCUT2D eigenvalue weighted by Crippen LogP contribution is -2.50. The molecule has 34 heavy (non-hydrogen) atoms. The lowest BCUT2D eigenvalue weighted by Gasteiger charge is -2.52. The Morgan fingerprint density at radius 1 is 1.24 bits per heavy atom. The maximum atomic E-state index is 11.2. The minimum absolute atomic E-state index is 0.0293. The van der Waals surface area contributed by atoms with Gasteiger partial charge in [0.1, 0.15) is 18.0 Å². The van der Waals surface area contributed by atoms with Gasteiger partial charge >= 0.3 is 0 Å². The molecule has 2 saturated carbocycles. The molecule has 2 aromatic rings. The summed E-state index contributed by atoms with van der Waals surface area (Å²) in [5.41, 5.74) is 2.23. The van der Waals surface area contributed by atoms with E-state index in [1.165, 1.54) is 12.1 Å². The Hall–Kier alpha value is -3.37. The number of phenolic OH excluding ortho intramolecular Hbond substituents is 1. The van der Waals surface area contributed by atoms with Gasteiger partial charge in [-0.15, -0.1) is 6.42 Å². The van der Waals surface area contributed by atoms with E-state index in [0.717, 1.165) is 41.7 Å². The van der Waals surface area contributed by atoms with Crippen molar-refractivity contribution in [2.75, 3.05) is 0 Å². The Kier molecular flexibility index (Phi) is 5.37. The highest BCUT2D eigenvalue weighted by atomic mass is 16.6. The largest absolute Gasteiger partial charge is 0.508 e. The molecule has 0 unspecified atom stereocenters. The smallest absolute Gasteiger partial charge is 0.269 e. The van der Waals surface area contributed by atoms with E-state index >= 15 is 0 Å². The van der Waals surface area contributed by atoms with Gasteiger partial charge in [0.25, 0.3) is 5.69 Å². The van der Waals surface area contributed by atoms with Crippen molar-refractivity contribution in [1.29, 1.82) is 0 Å². The van der Waals surface area contributed by atoms with Crippen LogP contribution in [0.3, 0.4) is 0 Å². The number of aliphatic hydroxyl groups is 1. The second-order valence-electron chi connectivity index (χ2n) is 10.1. The van der Waals surface area contributed by atoms with Crippen LogP contribution in [0.25, 0.3) is 0 Å². The van der Waals surface area contributed by atoms with Crippen LogP contribution in [-0.4, -0.2) is 26.4 Å². The van der Waals surface area contributed by atoms with Gasteiger partial charge in [-0.05, 0) is 85.3 Å². The minimum Gasteiger partial charge on any atom is -0.508 e. The number of hydrogen-bond donors (Lipinski definition) is 2. The molecule has 0 aliphatic heterocycles. The molecule has 3 aliphatic rings. The molecule has 0 spiro atoms. The quantitative estimate of drug-likeness (QED) is 0.384. The van der Waals surface area contributed by atoms with Crippen molar-refractivity contribution in [3.63, 3.8) is 0 Å². The molecule has 0 radical (unpaired) electrons. The van der Waals surface area contributed by atoms with Crippen molar-refractivity contribution in [2.24, 2.45) is 22.4 Å². The van der Waals surface area contributed by atoms with Gasteiger partial charge < -0.3 is 15.1 Å². The van der Waals surface area contributed by atoms with Gasteiger partial charge in [0.2, 0.25) is 0 Å². The lowest BCUT2D eigenvalue weighted by molar-refractivity contribution is -0.384. The van der Waals surface area contributed by atoms with Crippen LogP contribution in [0.4, 0.5) is 5.69 Å². The normalized spacial score (nSPS) is 32.9. The monoisotopic (exact) mass is 460 g/mol. The summed E-state index contributed by atoms with van der Waals surface area (Å²) in [7, 11) is 0. The van der Waals surface area contributed by atoms with Gasteiger partial charge in [0.05, 0.1) is 10.6 Å². The maximum absolute atomic E-state index is 11.2. The highest BCUT2D eigenvalue weighted by molar-refractivity contribution is 6.03. The second-order valence-corrected chi connectivity index (χ2v) is 10.1. The average Bonchev–Trinajstić information content (AvgIpc) is 3.10. The van der Waals surface area contributed by atoms with Crippen LogP contribution in [0.15, 0.2) is 47.6 Å². The van der Waals surface area contributed by atoms with Gasteiger partial charge in [-0.3, -0.25) is 10.1 Å². The summed E-state index contributed by atoms with van der Waals surface area (Å²) in [6, 6.07) is 11.6. The predicted molar refractivity (Wildman–Crippen MR) is 127 cm³/mol. The van der Waals surface area contributed by atoms with Crippen LogP contribution in [0.5, 0.6) is 5.75 Å². The molecule has 0 amide bonds. The van der Waals surface area contributed by atoms with Crippen LogP contribution in [-0.2, 0) is 11.4 Å². The van der Waals surface area contributed by atoms with Crippen molar-refractivity contribution in [3.05, 3.63) is 69.3 Å². The van der Waals surface area contributed by atoms with Crippen LogP contribution in [0.1, 0.15) is 61.6 Å². The number of nitrogens with zero attached hydrogens (tertiary/aromatic N) is 2. The van der Waals surface area contributed by atoms with Crippen LogP contribution in [0.2, 0.25) is 0 Å². The number of benzene rings is 2. The molecular formula is C27H28N2O5. The van der Waals surface area contributed by atoms with Crippen molar-refractivity contribution in [3.8, 4) is 18.1 Å². The van der Waals surface area contributed by atoms with E-state index in [2.05, 4.69) is 18.0 Å². The highest BCUT2D eigenvalue weighted by Crippen LogP contribution is 2.64. The second kappa shape index (κ2) is 8.14. The highest BCUT2D eigenvalue weighted by Gasteiger charge is 2.61. The number of nitro benzene ring substituents is 1. The Bertz CT molecular complexity index is 1200. The molecule has 7 nitrogen and oxygen atoms in total. The first-order valence-corrected chi connectivity index (χ1v) is 11.7. The SMILES string of the molecule is C#C[C@]1(O)CC[C@H]2[C@@H]3C/C(=N\OCc4ccc([N+](=O)[O-])cc4)c4cc(O)ccc4[C@H]3CC[C@@]21C. The fourth-order valence-electron chi connectivity index (χ4n) is 6.65. The van der Waals surface area contributed by atoms with Gasteiger partial charge in [-0.2, -0.15) is 0 Å².